The van der Waals surface area contributed by atoms with Crippen molar-refractivity contribution < 1.29 is 0 Å². The predicted octanol–water partition coefficient (Wildman–Crippen LogP) is 2.77. The average molecular weight is 248 g/mol. The normalized spacial score (nSPS) is 16.0. The standard InChI is InChI=1S/C17H12S/c1-3-7-14-12(5-1)9-13-6-2-4-8-15(13)17-11-18-10-16(14)17/h1-10H,11H2. The molecular formula is C17H12S. The molecule has 0 spiro atoms. The van der Waals surface area contributed by atoms with E-state index in [9.17, 15) is 0 Å². The molecule has 1 aliphatic carbocycles. The fraction of sp³-hybridized carbons (Fsp3) is 0.0588. The third-order valence-electron chi connectivity index (χ3n) is 3.60. The first-order chi connectivity index (χ1) is 8.93. The van der Waals surface area contributed by atoms with Gasteiger partial charge in [0.15, 0.2) is 0 Å². The van der Waals surface area contributed by atoms with Gasteiger partial charge < -0.3 is 0 Å². The molecule has 0 nitrogen and oxygen atoms in total. The fourth-order valence-electron chi connectivity index (χ4n) is 2.74. The molecular weight excluding hydrogens is 236 g/mol. The number of rotatable bonds is 0. The summed E-state index contributed by atoms with van der Waals surface area (Å²) in [5.74, 6) is 1.09. The molecule has 0 N–H and O–H groups in total. The second-order valence-electron chi connectivity index (χ2n) is 4.64. The summed E-state index contributed by atoms with van der Waals surface area (Å²) in [5.41, 5.74) is 5.59. The maximum atomic E-state index is 2.31. The molecule has 0 amide bonds. The molecule has 0 unspecified atom stereocenters. The van der Waals surface area contributed by atoms with E-state index in [1.807, 2.05) is 11.8 Å². The van der Waals surface area contributed by atoms with E-state index < -0.39 is 0 Å². The molecule has 2 aromatic rings. The lowest BCUT2D eigenvalue weighted by molar-refractivity contribution is 1.49. The Morgan fingerprint density at radius 2 is 1.72 bits per heavy atom. The van der Waals surface area contributed by atoms with Crippen LogP contribution in [0, 0.1) is 0 Å². The zero-order valence-electron chi connectivity index (χ0n) is 9.89. The van der Waals surface area contributed by atoms with Gasteiger partial charge in [-0.05, 0) is 44.2 Å². The lowest BCUT2D eigenvalue weighted by Gasteiger charge is -2.06. The monoisotopic (exact) mass is 248 g/mol. The molecule has 0 radical (unpaired) electrons. The molecule has 1 heterocycles. The van der Waals surface area contributed by atoms with Crippen molar-refractivity contribution >= 4 is 29.0 Å². The molecule has 1 aliphatic heterocycles. The molecule has 86 valence electrons. The quantitative estimate of drug-likeness (QED) is 0.691. The van der Waals surface area contributed by atoms with E-state index >= 15 is 0 Å². The molecule has 0 atom stereocenters. The van der Waals surface area contributed by atoms with Gasteiger partial charge in [-0.15, -0.1) is 11.8 Å². The Balaban J connectivity index is 2.22. The number of allylic oxidation sites excluding steroid dienone is 1. The van der Waals surface area contributed by atoms with Crippen LogP contribution in [0.4, 0.5) is 0 Å². The Morgan fingerprint density at radius 3 is 2.72 bits per heavy atom. The van der Waals surface area contributed by atoms with Crippen LogP contribution in [0.1, 0.15) is 11.1 Å². The van der Waals surface area contributed by atoms with Gasteiger partial charge in [-0.3, -0.25) is 0 Å². The van der Waals surface area contributed by atoms with Crippen molar-refractivity contribution in [3.63, 3.8) is 0 Å². The van der Waals surface area contributed by atoms with E-state index in [-0.39, 0.29) is 0 Å². The van der Waals surface area contributed by atoms with Crippen LogP contribution < -0.4 is 10.4 Å². The van der Waals surface area contributed by atoms with Gasteiger partial charge in [0.05, 0.1) is 0 Å². The van der Waals surface area contributed by atoms with Crippen LogP contribution in [0.2, 0.25) is 0 Å². The van der Waals surface area contributed by atoms with Gasteiger partial charge in [0.25, 0.3) is 0 Å². The van der Waals surface area contributed by atoms with Crippen LogP contribution in [0.3, 0.4) is 0 Å². The molecule has 0 saturated heterocycles. The average Bonchev–Trinajstić information content (AvgIpc) is 2.84. The minimum atomic E-state index is 1.09. The molecule has 0 fully saturated rings. The second-order valence-corrected chi connectivity index (χ2v) is 5.50. The van der Waals surface area contributed by atoms with Gasteiger partial charge in [0, 0.05) is 5.75 Å². The van der Waals surface area contributed by atoms with Gasteiger partial charge in [0.1, 0.15) is 0 Å². The van der Waals surface area contributed by atoms with E-state index in [0.29, 0.717) is 0 Å². The van der Waals surface area contributed by atoms with Crippen molar-refractivity contribution in [1.82, 2.24) is 0 Å². The Bertz CT molecular complexity index is 781. The summed E-state index contributed by atoms with van der Waals surface area (Å²) >= 11 is 1.90. The molecule has 0 bridgehead atoms. The Morgan fingerprint density at radius 1 is 0.889 bits per heavy atom. The van der Waals surface area contributed by atoms with Gasteiger partial charge in [-0.1, -0.05) is 48.5 Å². The fourth-order valence-corrected chi connectivity index (χ4v) is 3.74. The van der Waals surface area contributed by atoms with Crippen LogP contribution in [-0.2, 0) is 0 Å². The van der Waals surface area contributed by atoms with Crippen LogP contribution in [0.25, 0.3) is 17.2 Å². The number of fused-ring (bicyclic) bond motifs is 4. The molecule has 0 aromatic heterocycles. The highest BCUT2D eigenvalue weighted by Gasteiger charge is 2.18. The maximum Gasteiger partial charge on any atom is 0.0238 e. The van der Waals surface area contributed by atoms with Crippen molar-refractivity contribution in [1.29, 1.82) is 0 Å². The van der Waals surface area contributed by atoms with E-state index in [0.717, 1.165) is 5.75 Å². The van der Waals surface area contributed by atoms with Crippen LogP contribution >= 0.6 is 11.8 Å². The molecule has 1 heteroatoms. The van der Waals surface area contributed by atoms with Crippen LogP contribution in [0.5, 0.6) is 0 Å². The minimum Gasteiger partial charge on any atom is -0.129 e. The van der Waals surface area contributed by atoms with Crippen molar-refractivity contribution in [2.24, 2.45) is 0 Å². The van der Waals surface area contributed by atoms with Crippen molar-refractivity contribution in [3.8, 4) is 0 Å². The summed E-state index contributed by atoms with van der Waals surface area (Å²) in [6, 6.07) is 17.4. The first-order valence-electron chi connectivity index (χ1n) is 6.15. The van der Waals surface area contributed by atoms with E-state index in [1.54, 1.807) is 0 Å². The first kappa shape index (κ1) is 10.2. The number of thioether (sulfide) groups is 1. The molecule has 0 saturated carbocycles. The Hall–Kier alpha value is -1.73. The van der Waals surface area contributed by atoms with Crippen molar-refractivity contribution in [3.05, 3.63) is 75.5 Å². The summed E-state index contributed by atoms with van der Waals surface area (Å²) < 4.78 is 0. The summed E-state index contributed by atoms with van der Waals surface area (Å²) in [6.45, 7) is 0. The summed E-state index contributed by atoms with van der Waals surface area (Å²) in [5, 5.41) is 5.04. The predicted molar refractivity (Wildman–Crippen MR) is 79.5 cm³/mol. The van der Waals surface area contributed by atoms with E-state index in [1.165, 1.54) is 32.7 Å². The third kappa shape index (κ3) is 1.41. The number of benzene rings is 2. The smallest absolute Gasteiger partial charge is 0.0238 e. The minimum absolute atomic E-state index is 1.09. The largest absolute Gasteiger partial charge is 0.129 e. The van der Waals surface area contributed by atoms with E-state index in [2.05, 4.69) is 60.0 Å². The molecule has 2 aromatic carbocycles. The van der Waals surface area contributed by atoms with Crippen LogP contribution in [-0.4, -0.2) is 5.75 Å². The summed E-state index contributed by atoms with van der Waals surface area (Å²) in [4.78, 5) is 0. The lowest BCUT2D eigenvalue weighted by atomic mass is 9.97. The number of hydrogen-bond acceptors (Lipinski definition) is 1. The van der Waals surface area contributed by atoms with E-state index in [4.69, 9.17) is 0 Å². The first-order valence-corrected chi connectivity index (χ1v) is 7.20. The SMILES string of the molecule is C1=C2C(=c3ccccc3=Cc3ccccc32)CS1. The summed E-state index contributed by atoms with van der Waals surface area (Å²) in [6.07, 6.45) is 2.31. The highest BCUT2D eigenvalue weighted by Crippen LogP contribution is 2.37. The van der Waals surface area contributed by atoms with Gasteiger partial charge in [-0.25, -0.2) is 0 Å². The maximum absolute atomic E-state index is 2.31. The summed E-state index contributed by atoms with van der Waals surface area (Å²) in [7, 11) is 0. The Labute approximate surface area is 110 Å². The lowest BCUT2D eigenvalue weighted by Crippen LogP contribution is -2.26. The molecule has 18 heavy (non-hydrogen) atoms. The second kappa shape index (κ2) is 3.89. The highest BCUT2D eigenvalue weighted by atomic mass is 32.2. The Kier molecular flexibility index (Phi) is 2.21. The van der Waals surface area contributed by atoms with Crippen molar-refractivity contribution in [2.45, 2.75) is 0 Å². The molecule has 4 rings (SSSR count). The number of hydrogen-bond donors (Lipinski definition) is 0. The zero-order chi connectivity index (χ0) is 11.9. The topological polar surface area (TPSA) is 0 Å². The highest BCUT2D eigenvalue weighted by molar-refractivity contribution is 8.03. The van der Waals surface area contributed by atoms with Crippen LogP contribution in [0.15, 0.2) is 53.9 Å². The van der Waals surface area contributed by atoms with Gasteiger partial charge in [0.2, 0.25) is 0 Å². The van der Waals surface area contributed by atoms with Crippen molar-refractivity contribution in [2.75, 3.05) is 5.75 Å². The van der Waals surface area contributed by atoms with Gasteiger partial charge in [-0.2, -0.15) is 0 Å². The molecule has 2 aliphatic rings. The van der Waals surface area contributed by atoms with Gasteiger partial charge >= 0.3 is 0 Å². The zero-order valence-corrected chi connectivity index (χ0v) is 10.7. The third-order valence-corrected chi connectivity index (χ3v) is 4.46.